The van der Waals surface area contributed by atoms with E-state index in [1.807, 2.05) is 36.4 Å². The average molecular weight is 447 g/mol. The number of thiocarbonyl (C=S) groups is 1. The number of carbonyl (C=O) groups is 3. The fourth-order valence-electron chi connectivity index (χ4n) is 3.75. The van der Waals surface area contributed by atoms with Gasteiger partial charge in [-0.2, -0.15) is 0 Å². The molecule has 0 bridgehead atoms. The predicted molar refractivity (Wildman–Crippen MR) is 122 cm³/mol. The molecule has 2 saturated heterocycles. The summed E-state index contributed by atoms with van der Waals surface area (Å²) < 4.78 is 0.566. The lowest BCUT2D eigenvalue weighted by atomic mass is 10.0. The van der Waals surface area contributed by atoms with Gasteiger partial charge < -0.3 is 10.0 Å². The Hall–Kier alpha value is -2.19. The third-order valence-corrected chi connectivity index (χ3v) is 6.73. The summed E-state index contributed by atoms with van der Waals surface area (Å²) in [7, 11) is 0. The highest BCUT2D eigenvalue weighted by Crippen LogP contribution is 2.32. The first-order valence-electron chi connectivity index (χ1n) is 10.3. The first-order chi connectivity index (χ1) is 14.5. The third kappa shape index (κ3) is 5.70. The Kier molecular flexibility index (Phi) is 8.04. The zero-order chi connectivity index (χ0) is 21.5. The van der Waals surface area contributed by atoms with Gasteiger partial charge in [0.25, 0.3) is 5.91 Å². The Balaban J connectivity index is 1.42. The van der Waals surface area contributed by atoms with Gasteiger partial charge in [-0.25, -0.2) is 4.79 Å². The fourth-order valence-corrected chi connectivity index (χ4v) is 5.06. The molecule has 2 aliphatic rings. The Morgan fingerprint density at radius 3 is 2.67 bits per heavy atom. The number of carboxylic acids is 1. The number of amides is 2. The number of nitrogens with zero attached hydrogens (tertiary/aromatic N) is 2. The Labute approximate surface area is 186 Å². The van der Waals surface area contributed by atoms with Crippen LogP contribution in [-0.4, -0.2) is 56.1 Å². The van der Waals surface area contributed by atoms with Crippen molar-refractivity contribution < 1.29 is 19.5 Å². The molecule has 0 radical (unpaired) electrons. The maximum absolute atomic E-state index is 12.6. The molecule has 6 nitrogen and oxygen atoms in total. The van der Waals surface area contributed by atoms with Gasteiger partial charge in [0.15, 0.2) is 0 Å². The van der Waals surface area contributed by atoms with Crippen LogP contribution < -0.4 is 0 Å². The van der Waals surface area contributed by atoms with Gasteiger partial charge in [0.1, 0.15) is 10.4 Å². The van der Waals surface area contributed by atoms with Crippen LogP contribution in [0.4, 0.5) is 0 Å². The number of hydrogen-bond donors (Lipinski definition) is 1. The minimum atomic E-state index is -0.916. The number of hydrogen-bond acceptors (Lipinski definition) is 5. The van der Waals surface area contributed by atoms with E-state index in [0.29, 0.717) is 41.6 Å². The van der Waals surface area contributed by atoms with Crippen molar-refractivity contribution in [2.75, 3.05) is 13.1 Å². The van der Waals surface area contributed by atoms with Gasteiger partial charge in [0.2, 0.25) is 5.91 Å². The molecule has 1 N–H and O–H groups in total. The highest BCUT2D eigenvalue weighted by Gasteiger charge is 2.32. The average Bonchev–Trinajstić information content (AvgIpc) is 3.01. The van der Waals surface area contributed by atoms with Crippen LogP contribution in [-0.2, 0) is 14.4 Å². The Morgan fingerprint density at radius 2 is 1.93 bits per heavy atom. The number of unbranched alkanes of at least 4 members (excludes halogenated alkanes) is 2. The summed E-state index contributed by atoms with van der Waals surface area (Å²) in [6.45, 7) is 1.06. The smallest absolute Gasteiger partial charge is 0.326 e. The number of carbonyl (C=O) groups excluding carboxylic acids is 2. The maximum atomic E-state index is 12.6. The molecule has 1 aromatic rings. The van der Waals surface area contributed by atoms with E-state index in [1.165, 1.54) is 16.7 Å². The van der Waals surface area contributed by atoms with E-state index in [-0.39, 0.29) is 11.8 Å². The van der Waals surface area contributed by atoms with E-state index in [0.717, 1.165) is 31.2 Å². The number of aliphatic carboxylic acids is 1. The molecular formula is C22H26N2O4S2. The molecule has 8 heteroatoms. The molecule has 2 amide bonds. The van der Waals surface area contributed by atoms with Gasteiger partial charge in [-0.1, -0.05) is 60.7 Å². The second kappa shape index (κ2) is 10.7. The van der Waals surface area contributed by atoms with Crippen molar-refractivity contribution in [1.29, 1.82) is 0 Å². The van der Waals surface area contributed by atoms with E-state index in [4.69, 9.17) is 12.2 Å². The number of rotatable bonds is 8. The minimum absolute atomic E-state index is 0.0671. The molecule has 160 valence electrons. The van der Waals surface area contributed by atoms with Crippen LogP contribution in [0.25, 0.3) is 6.08 Å². The molecule has 0 aromatic heterocycles. The molecule has 2 fully saturated rings. The van der Waals surface area contributed by atoms with E-state index >= 15 is 0 Å². The highest BCUT2D eigenvalue weighted by atomic mass is 32.2. The molecule has 1 aromatic carbocycles. The highest BCUT2D eigenvalue weighted by molar-refractivity contribution is 8.26. The van der Waals surface area contributed by atoms with Crippen LogP contribution >= 0.6 is 24.0 Å². The van der Waals surface area contributed by atoms with Gasteiger partial charge in [-0.15, -0.1) is 0 Å². The molecule has 30 heavy (non-hydrogen) atoms. The lowest BCUT2D eigenvalue weighted by Crippen LogP contribution is -2.47. The summed E-state index contributed by atoms with van der Waals surface area (Å²) in [4.78, 5) is 40.2. The molecule has 2 aliphatic heterocycles. The molecule has 3 rings (SSSR count). The lowest BCUT2D eigenvalue weighted by Gasteiger charge is -2.33. The predicted octanol–water partition coefficient (Wildman–Crippen LogP) is 3.91. The van der Waals surface area contributed by atoms with Crippen molar-refractivity contribution in [3.63, 3.8) is 0 Å². The first-order valence-corrected chi connectivity index (χ1v) is 11.5. The summed E-state index contributed by atoms with van der Waals surface area (Å²) in [6.07, 6.45) is 6.66. The molecule has 0 aliphatic carbocycles. The Morgan fingerprint density at radius 1 is 1.17 bits per heavy atom. The minimum Gasteiger partial charge on any atom is -0.480 e. The maximum Gasteiger partial charge on any atom is 0.326 e. The Bertz CT molecular complexity index is 841. The molecule has 2 heterocycles. The summed E-state index contributed by atoms with van der Waals surface area (Å²) >= 11 is 6.68. The normalized spacial score (nSPS) is 20.8. The van der Waals surface area contributed by atoms with Crippen LogP contribution in [0, 0.1) is 0 Å². The number of likely N-dealkylation sites (tertiary alicyclic amines) is 1. The van der Waals surface area contributed by atoms with Crippen molar-refractivity contribution in [1.82, 2.24) is 9.80 Å². The second-order valence-electron chi connectivity index (χ2n) is 7.49. The van der Waals surface area contributed by atoms with Gasteiger partial charge >= 0.3 is 5.97 Å². The van der Waals surface area contributed by atoms with Crippen molar-refractivity contribution in [3.05, 3.63) is 40.8 Å². The molecular weight excluding hydrogens is 420 g/mol. The zero-order valence-corrected chi connectivity index (χ0v) is 18.4. The molecule has 0 spiro atoms. The van der Waals surface area contributed by atoms with Crippen molar-refractivity contribution in [3.8, 4) is 0 Å². The SMILES string of the molecule is O=C(O)C1CCCCN1C(=O)CCCCCN1C(=O)C(=Cc2ccccc2)SC1=S. The molecule has 0 saturated carbocycles. The van der Waals surface area contributed by atoms with Crippen LogP contribution in [0.5, 0.6) is 0 Å². The largest absolute Gasteiger partial charge is 0.480 e. The first kappa shape index (κ1) is 22.5. The van der Waals surface area contributed by atoms with Crippen LogP contribution in [0.1, 0.15) is 50.5 Å². The molecule has 1 unspecified atom stereocenters. The zero-order valence-electron chi connectivity index (χ0n) is 16.8. The van der Waals surface area contributed by atoms with Gasteiger partial charge in [0, 0.05) is 19.5 Å². The number of thioether (sulfide) groups is 1. The second-order valence-corrected chi connectivity index (χ2v) is 9.17. The van der Waals surface area contributed by atoms with Gasteiger partial charge in [-0.3, -0.25) is 14.5 Å². The third-order valence-electron chi connectivity index (χ3n) is 5.35. The number of piperidine rings is 1. The summed E-state index contributed by atoms with van der Waals surface area (Å²) in [6, 6.07) is 8.99. The quantitative estimate of drug-likeness (QED) is 0.371. The van der Waals surface area contributed by atoms with E-state index < -0.39 is 12.0 Å². The topological polar surface area (TPSA) is 77.9 Å². The monoisotopic (exact) mass is 446 g/mol. The van der Waals surface area contributed by atoms with Gasteiger partial charge in [0.05, 0.1) is 4.91 Å². The van der Waals surface area contributed by atoms with Crippen molar-refractivity contribution in [2.45, 2.75) is 51.0 Å². The van der Waals surface area contributed by atoms with Gasteiger partial charge in [-0.05, 0) is 43.7 Å². The van der Waals surface area contributed by atoms with Crippen LogP contribution in [0.2, 0.25) is 0 Å². The number of carboxylic acid groups (broad SMARTS) is 1. The lowest BCUT2D eigenvalue weighted by molar-refractivity contribution is -0.152. The van der Waals surface area contributed by atoms with E-state index in [1.54, 1.807) is 4.90 Å². The van der Waals surface area contributed by atoms with Crippen molar-refractivity contribution in [2.24, 2.45) is 0 Å². The summed E-state index contributed by atoms with van der Waals surface area (Å²) in [5, 5.41) is 9.30. The van der Waals surface area contributed by atoms with E-state index in [9.17, 15) is 19.5 Å². The summed E-state index contributed by atoms with van der Waals surface area (Å²) in [5.41, 5.74) is 0.967. The van der Waals surface area contributed by atoms with Crippen LogP contribution in [0.3, 0.4) is 0 Å². The van der Waals surface area contributed by atoms with E-state index in [2.05, 4.69) is 0 Å². The molecule has 1 atom stereocenters. The number of benzene rings is 1. The van der Waals surface area contributed by atoms with Crippen LogP contribution in [0.15, 0.2) is 35.2 Å². The summed E-state index contributed by atoms with van der Waals surface area (Å²) in [5.74, 6) is -1.07. The standard InChI is InChI=1S/C22H26N2O4S2/c25-19(23-13-8-6-11-17(23)21(27)28)12-5-2-7-14-24-20(26)18(30-22(24)29)15-16-9-3-1-4-10-16/h1,3-4,9-10,15,17H,2,5-8,11-14H2,(H,27,28). The fraction of sp³-hybridized carbons (Fsp3) is 0.455. The van der Waals surface area contributed by atoms with Crippen molar-refractivity contribution >= 4 is 52.2 Å².